The van der Waals surface area contributed by atoms with Crippen molar-refractivity contribution in [1.29, 1.82) is 0 Å². The predicted molar refractivity (Wildman–Crippen MR) is 71.1 cm³/mol. The fraction of sp³-hybridized carbons (Fsp3) is 0.286. The largest absolute Gasteiger partial charge is 0.373 e. The molecule has 94 valence electrons. The third-order valence-corrected chi connectivity index (χ3v) is 2.83. The van der Waals surface area contributed by atoms with E-state index in [-0.39, 0.29) is 5.82 Å². The molecule has 0 bridgehead atoms. The second-order valence-electron chi connectivity index (χ2n) is 4.13. The number of aromatic nitrogens is 2. The summed E-state index contributed by atoms with van der Waals surface area (Å²) in [5.41, 5.74) is 2.67. The van der Waals surface area contributed by atoms with E-state index in [0.29, 0.717) is 5.82 Å². The van der Waals surface area contributed by atoms with Crippen LogP contribution in [0, 0.1) is 12.7 Å². The average molecular weight is 245 g/mol. The molecule has 3 nitrogen and oxygen atoms in total. The van der Waals surface area contributed by atoms with Gasteiger partial charge in [-0.2, -0.15) is 0 Å². The van der Waals surface area contributed by atoms with E-state index in [4.69, 9.17) is 0 Å². The van der Waals surface area contributed by atoms with E-state index in [2.05, 4.69) is 15.3 Å². The highest BCUT2D eigenvalue weighted by molar-refractivity contribution is 5.61. The van der Waals surface area contributed by atoms with E-state index in [0.717, 1.165) is 29.1 Å². The molecule has 1 aromatic heterocycles. The summed E-state index contributed by atoms with van der Waals surface area (Å²) in [5.74, 6) is 1.17. The van der Waals surface area contributed by atoms with Crippen LogP contribution >= 0.6 is 0 Å². The van der Waals surface area contributed by atoms with Crippen molar-refractivity contribution >= 4 is 5.82 Å². The molecule has 0 spiro atoms. The van der Waals surface area contributed by atoms with Crippen LogP contribution in [0.4, 0.5) is 10.2 Å². The van der Waals surface area contributed by atoms with Crippen LogP contribution in [-0.4, -0.2) is 17.0 Å². The second kappa shape index (κ2) is 5.12. The maximum Gasteiger partial charge on any atom is 0.162 e. The highest BCUT2D eigenvalue weighted by Gasteiger charge is 2.08. The zero-order valence-corrected chi connectivity index (χ0v) is 10.8. The number of nitrogens with one attached hydrogen (secondary N) is 1. The van der Waals surface area contributed by atoms with Crippen LogP contribution < -0.4 is 5.32 Å². The highest BCUT2D eigenvalue weighted by atomic mass is 19.1. The summed E-state index contributed by atoms with van der Waals surface area (Å²) in [4.78, 5) is 8.90. The van der Waals surface area contributed by atoms with Crippen LogP contribution in [0.15, 0.2) is 24.3 Å². The van der Waals surface area contributed by atoms with Crippen LogP contribution in [0.25, 0.3) is 11.4 Å². The van der Waals surface area contributed by atoms with Gasteiger partial charge in [-0.15, -0.1) is 0 Å². The minimum absolute atomic E-state index is 0.239. The third kappa shape index (κ3) is 2.47. The van der Waals surface area contributed by atoms with Gasteiger partial charge in [-0.3, -0.25) is 0 Å². The first-order valence-electron chi connectivity index (χ1n) is 5.96. The van der Waals surface area contributed by atoms with E-state index in [1.807, 2.05) is 27.0 Å². The summed E-state index contributed by atoms with van der Waals surface area (Å²) in [6.07, 6.45) is 0.838. The predicted octanol–water partition coefficient (Wildman–Crippen LogP) is 3.20. The van der Waals surface area contributed by atoms with Crippen molar-refractivity contribution in [3.63, 3.8) is 0 Å². The molecule has 0 saturated carbocycles. The lowest BCUT2D eigenvalue weighted by Crippen LogP contribution is -2.01. The van der Waals surface area contributed by atoms with Crippen LogP contribution in [0.2, 0.25) is 0 Å². The van der Waals surface area contributed by atoms with E-state index >= 15 is 0 Å². The molecule has 0 saturated heterocycles. The van der Waals surface area contributed by atoms with E-state index in [1.54, 1.807) is 6.07 Å². The molecule has 0 aliphatic carbocycles. The van der Waals surface area contributed by atoms with Crippen molar-refractivity contribution in [3.05, 3.63) is 41.3 Å². The number of aryl methyl sites for hydroxylation is 2. The number of rotatable bonds is 3. The summed E-state index contributed by atoms with van der Waals surface area (Å²) >= 11 is 0. The Labute approximate surface area is 106 Å². The number of nitrogens with zero attached hydrogens (tertiary/aromatic N) is 2. The van der Waals surface area contributed by atoms with Crippen molar-refractivity contribution in [1.82, 2.24) is 9.97 Å². The molecule has 1 heterocycles. The highest BCUT2D eigenvalue weighted by Crippen LogP contribution is 2.22. The van der Waals surface area contributed by atoms with Gasteiger partial charge in [0.1, 0.15) is 11.6 Å². The minimum atomic E-state index is -0.239. The van der Waals surface area contributed by atoms with Crippen LogP contribution in [0.1, 0.15) is 18.2 Å². The third-order valence-electron chi connectivity index (χ3n) is 2.83. The Hall–Kier alpha value is -1.97. The number of hydrogen-bond donors (Lipinski definition) is 1. The van der Waals surface area contributed by atoms with Crippen LogP contribution in [0.3, 0.4) is 0 Å². The molecule has 18 heavy (non-hydrogen) atoms. The molecule has 2 rings (SSSR count). The Kier molecular flexibility index (Phi) is 3.55. The van der Waals surface area contributed by atoms with Gasteiger partial charge in [0.05, 0.1) is 0 Å². The molecule has 0 amide bonds. The summed E-state index contributed by atoms with van der Waals surface area (Å²) in [6.45, 7) is 3.91. The van der Waals surface area contributed by atoms with Crippen molar-refractivity contribution < 1.29 is 4.39 Å². The molecule has 2 aromatic rings. The van der Waals surface area contributed by atoms with Gasteiger partial charge >= 0.3 is 0 Å². The minimum Gasteiger partial charge on any atom is -0.373 e. The molecule has 4 heteroatoms. The van der Waals surface area contributed by atoms with E-state index in [1.165, 1.54) is 12.1 Å². The molecular weight excluding hydrogens is 229 g/mol. The second-order valence-corrected chi connectivity index (χ2v) is 4.13. The van der Waals surface area contributed by atoms with Crippen molar-refractivity contribution in [3.8, 4) is 11.4 Å². The van der Waals surface area contributed by atoms with Gasteiger partial charge in [0.2, 0.25) is 0 Å². The Morgan fingerprint density at radius 2 is 2.00 bits per heavy atom. The van der Waals surface area contributed by atoms with Gasteiger partial charge < -0.3 is 5.32 Å². The van der Waals surface area contributed by atoms with Gasteiger partial charge in [-0.05, 0) is 37.1 Å². The summed E-state index contributed by atoms with van der Waals surface area (Å²) < 4.78 is 13.1. The fourth-order valence-corrected chi connectivity index (χ4v) is 1.81. The molecule has 0 unspecified atom stereocenters. The normalized spacial score (nSPS) is 10.4. The van der Waals surface area contributed by atoms with Crippen LogP contribution in [0.5, 0.6) is 0 Å². The summed E-state index contributed by atoms with van der Waals surface area (Å²) in [5, 5.41) is 3.02. The standard InChI is InChI=1S/C14H16FN3/c1-4-11-8-13(16-3)18-14(17-11)12-6-5-10(15)7-9(12)2/h5-8H,4H2,1-3H3,(H,16,17,18). The first-order valence-corrected chi connectivity index (χ1v) is 5.96. The van der Waals surface area contributed by atoms with Crippen molar-refractivity contribution in [2.24, 2.45) is 0 Å². The molecular formula is C14H16FN3. The SMILES string of the molecule is CCc1cc(NC)nc(-c2ccc(F)cc2C)n1. The van der Waals surface area contributed by atoms with Gasteiger partial charge in [-0.1, -0.05) is 6.92 Å². The Bertz CT molecular complexity index is 545. The van der Waals surface area contributed by atoms with E-state index in [9.17, 15) is 4.39 Å². The van der Waals surface area contributed by atoms with Crippen molar-refractivity contribution in [2.75, 3.05) is 12.4 Å². The molecule has 0 aliphatic heterocycles. The zero-order chi connectivity index (χ0) is 13.1. The van der Waals surface area contributed by atoms with Gasteiger partial charge in [0, 0.05) is 24.4 Å². The maximum absolute atomic E-state index is 13.1. The number of halogens is 1. The smallest absolute Gasteiger partial charge is 0.162 e. The topological polar surface area (TPSA) is 37.8 Å². The summed E-state index contributed by atoms with van der Waals surface area (Å²) in [6, 6.07) is 6.57. The molecule has 0 fully saturated rings. The molecule has 1 N–H and O–H groups in total. The van der Waals surface area contributed by atoms with Crippen molar-refractivity contribution in [2.45, 2.75) is 20.3 Å². The average Bonchev–Trinajstić information content (AvgIpc) is 2.38. The van der Waals surface area contributed by atoms with E-state index < -0.39 is 0 Å². The molecule has 0 atom stereocenters. The first kappa shape index (κ1) is 12.5. The van der Waals surface area contributed by atoms with Gasteiger partial charge in [0.15, 0.2) is 5.82 Å². The lowest BCUT2D eigenvalue weighted by Gasteiger charge is -2.09. The fourth-order valence-electron chi connectivity index (χ4n) is 1.81. The monoisotopic (exact) mass is 245 g/mol. The Morgan fingerprint density at radius 1 is 1.22 bits per heavy atom. The maximum atomic E-state index is 13.1. The first-order chi connectivity index (χ1) is 8.63. The summed E-state index contributed by atoms with van der Waals surface area (Å²) in [7, 11) is 1.82. The Balaban J connectivity index is 2.55. The Morgan fingerprint density at radius 3 is 2.61 bits per heavy atom. The molecule has 0 aliphatic rings. The number of benzene rings is 1. The molecule has 1 aromatic carbocycles. The van der Waals surface area contributed by atoms with Crippen LogP contribution in [-0.2, 0) is 6.42 Å². The number of hydrogen-bond acceptors (Lipinski definition) is 3. The lowest BCUT2D eigenvalue weighted by molar-refractivity contribution is 0.627. The number of anilines is 1. The molecule has 0 radical (unpaired) electrons. The quantitative estimate of drug-likeness (QED) is 0.902. The van der Waals surface area contributed by atoms with Gasteiger partial charge in [-0.25, -0.2) is 14.4 Å². The zero-order valence-electron chi connectivity index (χ0n) is 10.8. The lowest BCUT2D eigenvalue weighted by atomic mass is 10.1. The van der Waals surface area contributed by atoms with Gasteiger partial charge in [0.25, 0.3) is 0 Å².